The SMILES string of the molecule is CCc1cccc(OCCCN)n1. The summed E-state index contributed by atoms with van der Waals surface area (Å²) in [4.78, 5) is 4.30. The molecular weight excluding hydrogens is 164 g/mol. The molecule has 1 aromatic rings. The zero-order chi connectivity index (χ0) is 9.52. The number of hydrogen-bond donors (Lipinski definition) is 1. The third-order valence-electron chi connectivity index (χ3n) is 1.74. The first-order valence-corrected chi connectivity index (χ1v) is 4.65. The van der Waals surface area contributed by atoms with Crippen LogP contribution < -0.4 is 10.5 Å². The molecule has 1 rings (SSSR count). The molecule has 0 amide bonds. The van der Waals surface area contributed by atoms with E-state index in [0.717, 1.165) is 18.5 Å². The van der Waals surface area contributed by atoms with E-state index in [4.69, 9.17) is 10.5 Å². The molecule has 3 heteroatoms. The van der Waals surface area contributed by atoms with E-state index < -0.39 is 0 Å². The number of nitrogens with two attached hydrogens (primary N) is 1. The Kier molecular flexibility index (Phi) is 4.26. The van der Waals surface area contributed by atoms with Crippen LogP contribution in [0.15, 0.2) is 18.2 Å². The van der Waals surface area contributed by atoms with Crippen molar-refractivity contribution >= 4 is 0 Å². The summed E-state index contributed by atoms with van der Waals surface area (Å²) in [7, 11) is 0. The summed E-state index contributed by atoms with van der Waals surface area (Å²) in [6.07, 6.45) is 1.81. The van der Waals surface area contributed by atoms with Crippen molar-refractivity contribution in [1.82, 2.24) is 4.98 Å². The Morgan fingerprint density at radius 3 is 3.00 bits per heavy atom. The minimum atomic E-state index is 0.649. The van der Waals surface area contributed by atoms with E-state index in [1.54, 1.807) is 0 Å². The van der Waals surface area contributed by atoms with Crippen molar-refractivity contribution in [3.8, 4) is 5.88 Å². The first-order chi connectivity index (χ1) is 6.36. The van der Waals surface area contributed by atoms with Crippen LogP contribution in [-0.4, -0.2) is 18.1 Å². The van der Waals surface area contributed by atoms with Gasteiger partial charge in [-0.25, -0.2) is 4.98 Å². The molecule has 0 saturated carbocycles. The van der Waals surface area contributed by atoms with Crippen LogP contribution in [0.3, 0.4) is 0 Å². The number of ether oxygens (including phenoxy) is 1. The highest BCUT2D eigenvalue weighted by Crippen LogP contribution is 2.07. The lowest BCUT2D eigenvalue weighted by molar-refractivity contribution is 0.301. The summed E-state index contributed by atoms with van der Waals surface area (Å²) in [5.41, 5.74) is 6.41. The Bertz CT molecular complexity index is 250. The van der Waals surface area contributed by atoms with E-state index in [2.05, 4.69) is 11.9 Å². The molecule has 0 radical (unpaired) electrons. The van der Waals surface area contributed by atoms with Crippen LogP contribution in [0, 0.1) is 0 Å². The molecule has 0 aliphatic heterocycles. The smallest absolute Gasteiger partial charge is 0.213 e. The second-order valence-corrected chi connectivity index (χ2v) is 2.81. The summed E-state index contributed by atoms with van der Waals surface area (Å²) in [6.45, 7) is 3.39. The molecule has 3 nitrogen and oxygen atoms in total. The van der Waals surface area contributed by atoms with Crippen LogP contribution in [0.2, 0.25) is 0 Å². The molecule has 2 N–H and O–H groups in total. The lowest BCUT2D eigenvalue weighted by Crippen LogP contribution is -2.07. The van der Waals surface area contributed by atoms with Crippen LogP contribution in [0.25, 0.3) is 0 Å². The summed E-state index contributed by atoms with van der Waals surface area (Å²) < 4.78 is 5.40. The first-order valence-electron chi connectivity index (χ1n) is 4.65. The summed E-state index contributed by atoms with van der Waals surface area (Å²) in [5, 5.41) is 0. The number of rotatable bonds is 5. The number of hydrogen-bond acceptors (Lipinski definition) is 3. The van der Waals surface area contributed by atoms with Gasteiger partial charge in [0, 0.05) is 11.8 Å². The van der Waals surface area contributed by atoms with Gasteiger partial charge in [-0.1, -0.05) is 13.0 Å². The van der Waals surface area contributed by atoms with Crippen molar-refractivity contribution in [3.63, 3.8) is 0 Å². The molecule has 1 aromatic heterocycles. The largest absolute Gasteiger partial charge is 0.478 e. The average molecular weight is 180 g/mol. The molecule has 0 aliphatic carbocycles. The maximum Gasteiger partial charge on any atom is 0.213 e. The van der Waals surface area contributed by atoms with Gasteiger partial charge in [-0.3, -0.25) is 0 Å². The quantitative estimate of drug-likeness (QED) is 0.696. The van der Waals surface area contributed by atoms with Gasteiger partial charge >= 0.3 is 0 Å². The number of pyridine rings is 1. The monoisotopic (exact) mass is 180 g/mol. The molecule has 0 fully saturated rings. The van der Waals surface area contributed by atoms with Crippen molar-refractivity contribution in [2.24, 2.45) is 5.73 Å². The molecule has 0 spiro atoms. The van der Waals surface area contributed by atoms with Crippen molar-refractivity contribution in [3.05, 3.63) is 23.9 Å². The van der Waals surface area contributed by atoms with Crippen LogP contribution in [0.5, 0.6) is 5.88 Å². The molecule has 72 valence electrons. The maximum absolute atomic E-state index is 5.40. The van der Waals surface area contributed by atoms with E-state index >= 15 is 0 Å². The third-order valence-corrected chi connectivity index (χ3v) is 1.74. The predicted molar refractivity (Wildman–Crippen MR) is 52.8 cm³/mol. The standard InChI is InChI=1S/C10H16N2O/c1-2-9-5-3-6-10(12-9)13-8-4-7-11/h3,5-6H,2,4,7-8,11H2,1H3. The highest BCUT2D eigenvalue weighted by Gasteiger charge is 1.95. The number of nitrogens with zero attached hydrogens (tertiary/aromatic N) is 1. The normalized spacial score (nSPS) is 10.0. The van der Waals surface area contributed by atoms with Gasteiger partial charge in [0.15, 0.2) is 0 Å². The first kappa shape index (κ1) is 9.99. The van der Waals surface area contributed by atoms with Gasteiger partial charge in [-0.2, -0.15) is 0 Å². The minimum absolute atomic E-state index is 0.649. The van der Waals surface area contributed by atoms with Crippen LogP contribution in [-0.2, 0) is 6.42 Å². The molecule has 0 bridgehead atoms. The van der Waals surface area contributed by atoms with Crippen molar-refractivity contribution < 1.29 is 4.74 Å². The zero-order valence-corrected chi connectivity index (χ0v) is 7.99. The predicted octanol–water partition coefficient (Wildman–Crippen LogP) is 1.37. The average Bonchev–Trinajstić information content (AvgIpc) is 2.19. The second kappa shape index (κ2) is 5.54. The fourth-order valence-corrected chi connectivity index (χ4v) is 0.995. The minimum Gasteiger partial charge on any atom is -0.478 e. The van der Waals surface area contributed by atoms with Crippen LogP contribution in [0.4, 0.5) is 0 Å². The Morgan fingerprint density at radius 1 is 1.46 bits per heavy atom. The van der Waals surface area contributed by atoms with E-state index in [9.17, 15) is 0 Å². The van der Waals surface area contributed by atoms with E-state index in [-0.39, 0.29) is 0 Å². The lowest BCUT2D eigenvalue weighted by atomic mass is 10.3. The van der Waals surface area contributed by atoms with Gasteiger partial charge in [0.1, 0.15) is 0 Å². The molecule has 0 aliphatic rings. The lowest BCUT2D eigenvalue weighted by Gasteiger charge is -2.04. The van der Waals surface area contributed by atoms with Gasteiger partial charge in [0.2, 0.25) is 5.88 Å². The number of aryl methyl sites for hydroxylation is 1. The Hall–Kier alpha value is -1.09. The van der Waals surface area contributed by atoms with Gasteiger partial charge in [-0.05, 0) is 25.5 Å². The van der Waals surface area contributed by atoms with Gasteiger partial charge in [0.05, 0.1) is 6.61 Å². The van der Waals surface area contributed by atoms with Gasteiger partial charge in [0.25, 0.3) is 0 Å². The summed E-state index contributed by atoms with van der Waals surface area (Å²) >= 11 is 0. The Balaban J connectivity index is 2.46. The second-order valence-electron chi connectivity index (χ2n) is 2.81. The highest BCUT2D eigenvalue weighted by molar-refractivity contribution is 5.15. The third kappa shape index (κ3) is 3.42. The Labute approximate surface area is 78.9 Å². The molecular formula is C10H16N2O. The maximum atomic E-state index is 5.40. The van der Waals surface area contributed by atoms with Crippen molar-refractivity contribution in [1.29, 1.82) is 0 Å². The van der Waals surface area contributed by atoms with E-state index in [1.807, 2.05) is 18.2 Å². The fraction of sp³-hybridized carbons (Fsp3) is 0.500. The number of aromatic nitrogens is 1. The molecule has 0 aromatic carbocycles. The van der Waals surface area contributed by atoms with Crippen LogP contribution >= 0.6 is 0 Å². The summed E-state index contributed by atoms with van der Waals surface area (Å²) in [6, 6.07) is 5.83. The fourth-order valence-electron chi connectivity index (χ4n) is 0.995. The van der Waals surface area contributed by atoms with Gasteiger partial charge < -0.3 is 10.5 Å². The van der Waals surface area contributed by atoms with E-state index in [0.29, 0.717) is 19.0 Å². The molecule has 13 heavy (non-hydrogen) atoms. The topological polar surface area (TPSA) is 48.1 Å². The Morgan fingerprint density at radius 2 is 2.31 bits per heavy atom. The van der Waals surface area contributed by atoms with Crippen LogP contribution in [0.1, 0.15) is 19.0 Å². The molecule has 1 heterocycles. The van der Waals surface area contributed by atoms with Crippen molar-refractivity contribution in [2.75, 3.05) is 13.2 Å². The van der Waals surface area contributed by atoms with Crippen molar-refractivity contribution in [2.45, 2.75) is 19.8 Å². The van der Waals surface area contributed by atoms with E-state index in [1.165, 1.54) is 0 Å². The highest BCUT2D eigenvalue weighted by atomic mass is 16.5. The molecule has 0 unspecified atom stereocenters. The molecule has 0 atom stereocenters. The summed E-state index contributed by atoms with van der Waals surface area (Å²) in [5.74, 6) is 0.702. The van der Waals surface area contributed by atoms with Gasteiger partial charge in [-0.15, -0.1) is 0 Å². The molecule has 0 saturated heterocycles. The zero-order valence-electron chi connectivity index (χ0n) is 7.99.